The molecule has 0 atom stereocenters. The summed E-state index contributed by atoms with van der Waals surface area (Å²) >= 11 is 0. The molecular formula is C47H102O6. The maximum absolute atomic E-state index is 9.23. The molecule has 0 saturated heterocycles. The molecule has 0 heterocycles. The Balaban J connectivity index is -0.0000000533. The van der Waals surface area contributed by atoms with Crippen LogP contribution in [0.25, 0.3) is 0 Å². The molecule has 2 aromatic carbocycles. The van der Waals surface area contributed by atoms with E-state index in [2.05, 4.69) is 111 Å². The van der Waals surface area contributed by atoms with Gasteiger partial charge in [-0.15, -0.1) is 0 Å². The first kappa shape index (κ1) is 75.5. The van der Waals surface area contributed by atoms with Gasteiger partial charge in [0.1, 0.15) is 5.75 Å². The zero-order valence-electron chi connectivity index (χ0n) is 34.1. The van der Waals surface area contributed by atoms with Crippen LogP contribution in [0.1, 0.15) is 200 Å². The molecule has 0 aliphatic rings. The summed E-state index contributed by atoms with van der Waals surface area (Å²) in [4.78, 5) is 0. The molecule has 0 radical (unpaired) electrons. The molecule has 0 spiro atoms. The first-order chi connectivity index (χ1) is 20.7. The van der Waals surface area contributed by atoms with E-state index < -0.39 is 5.75 Å². The van der Waals surface area contributed by atoms with Gasteiger partial charge >= 0.3 is 0 Å². The average molecular weight is 763 g/mol. The van der Waals surface area contributed by atoms with Gasteiger partial charge in [0.25, 0.3) is 0 Å². The predicted molar refractivity (Wildman–Crippen MR) is 245 cm³/mol. The largest absolute Gasteiger partial charge is 0.508 e. The minimum Gasteiger partial charge on any atom is -0.508 e. The van der Waals surface area contributed by atoms with E-state index in [0.717, 1.165) is 24.3 Å². The van der Waals surface area contributed by atoms with Gasteiger partial charge in [-0.3, -0.25) is 0 Å². The van der Waals surface area contributed by atoms with Gasteiger partial charge in [-0.2, -0.15) is 0 Å². The Morgan fingerprint density at radius 1 is 0.453 bits per heavy atom. The zero-order valence-corrected chi connectivity index (χ0v) is 34.1. The van der Waals surface area contributed by atoms with E-state index >= 15 is 0 Å². The molecule has 0 aliphatic heterocycles. The molecule has 6 nitrogen and oxygen atoms in total. The summed E-state index contributed by atoms with van der Waals surface area (Å²) in [5.74, 6) is 0.126. The van der Waals surface area contributed by atoms with Gasteiger partial charge < -0.3 is 30.6 Å². The van der Waals surface area contributed by atoms with Crippen LogP contribution in [0.4, 0.5) is 0 Å². The summed E-state index contributed by atoms with van der Waals surface area (Å²) in [6, 6.07) is 10.3. The number of phenolic OH excluding ortho intramolecular Hbond substituents is 4. The fourth-order valence-electron chi connectivity index (χ4n) is 2.67. The molecule has 0 aromatic heterocycles. The summed E-state index contributed by atoms with van der Waals surface area (Å²) in [5, 5.41) is 53.4. The van der Waals surface area contributed by atoms with Crippen molar-refractivity contribution < 1.29 is 30.6 Å². The van der Waals surface area contributed by atoms with E-state index in [1.807, 2.05) is 32.9 Å². The second-order valence-corrected chi connectivity index (χ2v) is 18.7. The Kier molecular flexibility index (Phi) is 48.5. The fraction of sp³-hybridized carbons (Fsp3) is 0.745. The first-order valence-electron chi connectivity index (χ1n) is 16.9. The molecular weight excluding hydrogens is 661 g/mol. The van der Waals surface area contributed by atoms with Crippen molar-refractivity contribution in [3.8, 4) is 23.0 Å². The van der Waals surface area contributed by atoms with Gasteiger partial charge in [0, 0.05) is 13.2 Å². The molecule has 0 amide bonds. The second-order valence-electron chi connectivity index (χ2n) is 18.7. The van der Waals surface area contributed by atoms with Crippen molar-refractivity contribution >= 4 is 0 Å². The smallest absolute Gasteiger partial charge is 0.200 e. The SMILES string of the molecule is C.C.C.C.C.C.CC(C)(C)C.CC(C)(C)CCO.CC(C)(C)CCO.CC(C)(C)c1cc(O)c(O)c(O)c1.CC(C)(C)c1ccc(O)cc1.CC(C)C. The molecule has 6 heteroatoms. The van der Waals surface area contributed by atoms with Crippen LogP contribution >= 0.6 is 0 Å². The van der Waals surface area contributed by atoms with Gasteiger partial charge in [0.2, 0.25) is 0 Å². The number of aliphatic hydroxyl groups is 2. The molecule has 2 rings (SSSR count). The molecule has 0 unspecified atom stereocenters. The van der Waals surface area contributed by atoms with Crippen LogP contribution in [0, 0.1) is 22.2 Å². The highest BCUT2D eigenvalue weighted by atomic mass is 16.3. The lowest BCUT2D eigenvalue weighted by Crippen LogP contribution is -2.10. The molecule has 0 bridgehead atoms. The highest BCUT2D eigenvalue weighted by Gasteiger charge is 2.18. The zero-order chi connectivity index (χ0) is 38.6. The number of benzene rings is 2. The van der Waals surface area contributed by atoms with Crippen molar-refractivity contribution in [1.82, 2.24) is 0 Å². The summed E-state index contributed by atoms with van der Waals surface area (Å²) in [5.41, 5.74) is 3.13. The number of rotatable bonds is 2. The Hall–Kier alpha value is -2.44. The lowest BCUT2D eigenvalue weighted by atomic mass is 9.87. The van der Waals surface area contributed by atoms with Crippen LogP contribution in [0.3, 0.4) is 0 Å². The molecule has 0 fully saturated rings. The van der Waals surface area contributed by atoms with Crippen molar-refractivity contribution in [1.29, 1.82) is 0 Å². The lowest BCUT2D eigenvalue weighted by molar-refractivity contribution is 0.224. The van der Waals surface area contributed by atoms with Crippen LogP contribution in [0.15, 0.2) is 36.4 Å². The molecule has 0 aliphatic carbocycles. The number of hydrogen-bond donors (Lipinski definition) is 6. The van der Waals surface area contributed by atoms with Gasteiger partial charge in [0.15, 0.2) is 17.2 Å². The molecule has 326 valence electrons. The van der Waals surface area contributed by atoms with Crippen LogP contribution in [0.2, 0.25) is 0 Å². The van der Waals surface area contributed by atoms with Crippen LogP contribution in [-0.4, -0.2) is 43.9 Å². The first-order valence-corrected chi connectivity index (χ1v) is 16.9. The maximum atomic E-state index is 9.23. The van der Waals surface area contributed by atoms with E-state index in [0.29, 0.717) is 35.2 Å². The molecule has 0 saturated carbocycles. The number of phenols is 4. The quantitative estimate of drug-likeness (QED) is 0.169. The van der Waals surface area contributed by atoms with E-state index in [1.54, 1.807) is 12.1 Å². The van der Waals surface area contributed by atoms with Crippen molar-refractivity contribution in [2.75, 3.05) is 13.2 Å². The number of aliphatic hydroxyl groups excluding tert-OH is 2. The summed E-state index contributed by atoms with van der Waals surface area (Å²) in [6.07, 6.45) is 1.79. The minimum absolute atomic E-state index is 0. The summed E-state index contributed by atoms with van der Waals surface area (Å²) < 4.78 is 0. The van der Waals surface area contributed by atoms with E-state index in [-0.39, 0.29) is 66.9 Å². The third-order valence-electron chi connectivity index (χ3n) is 5.39. The van der Waals surface area contributed by atoms with Gasteiger partial charge in [-0.1, -0.05) is 188 Å². The molecule has 53 heavy (non-hydrogen) atoms. The van der Waals surface area contributed by atoms with Crippen LogP contribution in [0.5, 0.6) is 23.0 Å². The van der Waals surface area contributed by atoms with E-state index in [1.165, 1.54) is 17.7 Å². The third kappa shape index (κ3) is 59.1. The lowest BCUT2D eigenvalue weighted by Gasteiger charge is -2.19. The Bertz CT molecular complexity index is 990. The van der Waals surface area contributed by atoms with Crippen molar-refractivity contribution in [3.63, 3.8) is 0 Å². The van der Waals surface area contributed by atoms with Crippen molar-refractivity contribution in [2.45, 2.75) is 200 Å². The van der Waals surface area contributed by atoms with E-state index in [4.69, 9.17) is 20.4 Å². The highest BCUT2D eigenvalue weighted by Crippen LogP contribution is 2.38. The topological polar surface area (TPSA) is 121 Å². The van der Waals surface area contributed by atoms with E-state index in [9.17, 15) is 10.2 Å². The van der Waals surface area contributed by atoms with Crippen molar-refractivity contribution in [3.05, 3.63) is 47.5 Å². The fourth-order valence-corrected chi connectivity index (χ4v) is 2.67. The number of hydrogen-bond acceptors (Lipinski definition) is 6. The van der Waals surface area contributed by atoms with Gasteiger partial charge in [0.05, 0.1) is 0 Å². The third-order valence-corrected chi connectivity index (χ3v) is 5.39. The van der Waals surface area contributed by atoms with Gasteiger partial charge in [-0.25, -0.2) is 0 Å². The monoisotopic (exact) mass is 763 g/mol. The number of aromatic hydroxyl groups is 4. The summed E-state index contributed by atoms with van der Waals surface area (Å²) in [7, 11) is 0. The van der Waals surface area contributed by atoms with Crippen molar-refractivity contribution in [2.24, 2.45) is 22.2 Å². The Morgan fingerprint density at radius 3 is 0.830 bits per heavy atom. The normalized spacial score (nSPS) is 10.2. The molecule has 6 N–H and O–H groups in total. The average Bonchev–Trinajstić information content (AvgIpc) is 2.79. The van der Waals surface area contributed by atoms with Crippen LogP contribution < -0.4 is 0 Å². The van der Waals surface area contributed by atoms with Crippen LogP contribution in [-0.2, 0) is 10.8 Å². The second kappa shape index (κ2) is 34.1. The maximum Gasteiger partial charge on any atom is 0.200 e. The summed E-state index contributed by atoms with van der Waals surface area (Å²) in [6.45, 7) is 40.9. The molecule has 2 aromatic rings. The highest BCUT2D eigenvalue weighted by molar-refractivity contribution is 5.52. The standard InChI is InChI=1S/C10H14O3.C10H14O.2C6H14O.C5H12.C4H10.6CH4/c1-10(2,3)6-4-7(11)9(13)8(12)5-6;1-10(2,3)8-4-6-9(11)7-5-8;2*1-6(2,3)4-5-7;1-5(2,3)4;1-4(2)3;;;;;;/h4-5,11-13H,1-3H3;4-7,11H,1-3H3;2*7H,4-5H2,1-3H3;1-4H3;4H,1-3H3;6*1H4. The minimum atomic E-state index is -0.465. The Labute approximate surface area is 335 Å². The Morgan fingerprint density at radius 2 is 0.679 bits per heavy atom. The van der Waals surface area contributed by atoms with Gasteiger partial charge in [-0.05, 0) is 81.2 Å². The predicted octanol–water partition coefficient (Wildman–Crippen LogP) is 15.2.